The lowest BCUT2D eigenvalue weighted by atomic mass is 10.3. The molecule has 0 aromatic heterocycles. The first kappa shape index (κ1) is 15.4. The highest BCUT2D eigenvalue weighted by molar-refractivity contribution is 7.89. The molecule has 0 aliphatic carbocycles. The molecule has 18 heavy (non-hydrogen) atoms. The Morgan fingerprint density at radius 2 is 2.17 bits per heavy atom. The second kappa shape index (κ2) is 7.70. The number of carbonyl (C=O) groups excluding carboxylic acids is 1. The quantitative estimate of drug-likeness (QED) is 0.663. The molecule has 0 spiro atoms. The highest BCUT2D eigenvalue weighted by Gasteiger charge is 2.25. The lowest BCUT2D eigenvalue weighted by Gasteiger charge is -2.25. The van der Waals surface area contributed by atoms with Crippen molar-refractivity contribution in [2.75, 3.05) is 39.1 Å². The lowest BCUT2D eigenvalue weighted by Crippen LogP contribution is -2.40. The van der Waals surface area contributed by atoms with Crippen LogP contribution in [0, 0.1) is 0 Å². The molecule has 0 atom stereocenters. The first-order valence-electron chi connectivity index (χ1n) is 6.30. The zero-order chi connectivity index (χ0) is 13.4. The van der Waals surface area contributed by atoms with E-state index in [1.54, 1.807) is 7.11 Å². The topological polar surface area (TPSA) is 75.7 Å². The highest BCUT2D eigenvalue weighted by Crippen LogP contribution is 2.13. The summed E-state index contributed by atoms with van der Waals surface area (Å²) in [6, 6.07) is 0. The van der Waals surface area contributed by atoms with Crippen LogP contribution in [-0.4, -0.2) is 57.7 Å². The smallest absolute Gasteiger partial charge is 0.221 e. The standard InChI is InChI=1S/C11H22N2O4S/c1-17-9-4-6-12-11(14)5-8-13-7-2-3-10-18(13,15)16/h2-10H2,1H3,(H,12,14). The fourth-order valence-corrected chi connectivity index (χ4v) is 3.45. The summed E-state index contributed by atoms with van der Waals surface area (Å²) in [5, 5.41) is 2.74. The van der Waals surface area contributed by atoms with E-state index in [-0.39, 0.29) is 18.1 Å². The van der Waals surface area contributed by atoms with E-state index in [4.69, 9.17) is 4.74 Å². The van der Waals surface area contributed by atoms with Crippen LogP contribution in [0.1, 0.15) is 25.7 Å². The van der Waals surface area contributed by atoms with E-state index in [1.807, 2.05) is 0 Å². The number of methoxy groups -OCH3 is 1. The number of hydrogen-bond donors (Lipinski definition) is 1. The van der Waals surface area contributed by atoms with Crippen LogP contribution in [-0.2, 0) is 19.6 Å². The van der Waals surface area contributed by atoms with Crippen LogP contribution in [0.15, 0.2) is 0 Å². The predicted octanol–water partition coefficient (Wildman–Crippen LogP) is -0.0452. The van der Waals surface area contributed by atoms with E-state index >= 15 is 0 Å². The van der Waals surface area contributed by atoms with E-state index in [9.17, 15) is 13.2 Å². The molecule has 1 aliphatic rings. The van der Waals surface area contributed by atoms with E-state index in [0.717, 1.165) is 19.3 Å². The summed E-state index contributed by atoms with van der Waals surface area (Å²) in [6.07, 6.45) is 2.60. The Morgan fingerprint density at radius 3 is 2.83 bits per heavy atom. The van der Waals surface area contributed by atoms with Gasteiger partial charge in [0.1, 0.15) is 0 Å². The second-order valence-corrected chi connectivity index (χ2v) is 6.46. The third kappa shape index (κ3) is 5.32. The normalized spacial score (nSPS) is 19.6. The number of rotatable bonds is 7. The molecule has 0 aromatic carbocycles. The van der Waals surface area contributed by atoms with E-state index < -0.39 is 10.0 Å². The van der Waals surface area contributed by atoms with E-state index in [2.05, 4.69) is 5.32 Å². The average molecular weight is 278 g/mol. The molecular weight excluding hydrogens is 256 g/mol. The van der Waals surface area contributed by atoms with Gasteiger partial charge in [-0.3, -0.25) is 4.79 Å². The number of nitrogens with one attached hydrogen (secondary N) is 1. The molecule has 0 radical (unpaired) electrons. The third-order valence-corrected chi connectivity index (χ3v) is 4.85. The molecule has 1 rings (SSSR count). The Morgan fingerprint density at radius 1 is 1.39 bits per heavy atom. The van der Waals surface area contributed by atoms with Crippen molar-refractivity contribution in [2.45, 2.75) is 25.7 Å². The lowest BCUT2D eigenvalue weighted by molar-refractivity contribution is -0.121. The van der Waals surface area contributed by atoms with Crippen molar-refractivity contribution in [3.05, 3.63) is 0 Å². The first-order valence-corrected chi connectivity index (χ1v) is 7.90. The predicted molar refractivity (Wildman–Crippen MR) is 68.7 cm³/mol. The maximum atomic E-state index is 11.7. The molecule has 1 amide bonds. The van der Waals surface area contributed by atoms with Gasteiger partial charge in [0, 0.05) is 39.8 Å². The monoisotopic (exact) mass is 278 g/mol. The minimum absolute atomic E-state index is 0.105. The van der Waals surface area contributed by atoms with Crippen LogP contribution in [0.5, 0.6) is 0 Å². The molecule has 6 nitrogen and oxygen atoms in total. The molecular formula is C11H22N2O4S. The van der Waals surface area contributed by atoms with Crippen molar-refractivity contribution in [2.24, 2.45) is 0 Å². The van der Waals surface area contributed by atoms with Gasteiger partial charge in [0.25, 0.3) is 0 Å². The van der Waals surface area contributed by atoms with Crippen molar-refractivity contribution in [1.29, 1.82) is 0 Å². The van der Waals surface area contributed by atoms with Crippen LogP contribution < -0.4 is 5.32 Å². The molecule has 1 fully saturated rings. The van der Waals surface area contributed by atoms with Crippen LogP contribution in [0.4, 0.5) is 0 Å². The average Bonchev–Trinajstić information content (AvgIpc) is 2.33. The maximum absolute atomic E-state index is 11.7. The summed E-state index contributed by atoms with van der Waals surface area (Å²) in [7, 11) is -1.50. The second-order valence-electron chi connectivity index (χ2n) is 4.37. The Hall–Kier alpha value is -0.660. The molecule has 106 valence electrons. The van der Waals surface area contributed by atoms with Gasteiger partial charge in [0.15, 0.2) is 0 Å². The van der Waals surface area contributed by atoms with Crippen LogP contribution in [0.25, 0.3) is 0 Å². The summed E-state index contributed by atoms with van der Waals surface area (Å²) in [4.78, 5) is 11.5. The number of sulfonamides is 1. The summed E-state index contributed by atoms with van der Waals surface area (Å²) in [6.45, 7) is 2.01. The molecule has 1 N–H and O–H groups in total. The fraction of sp³-hybridized carbons (Fsp3) is 0.909. The number of hydrogen-bond acceptors (Lipinski definition) is 4. The van der Waals surface area contributed by atoms with Gasteiger partial charge in [0.2, 0.25) is 15.9 Å². The van der Waals surface area contributed by atoms with Crippen LogP contribution >= 0.6 is 0 Å². The third-order valence-electron chi connectivity index (χ3n) is 2.89. The van der Waals surface area contributed by atoms with Crippen molar-refractivity contribution in [3.63, 3.8) is 0 Å². The number of amides is 1. The minimum Gasteiger partial charge on any atom is -0.385 e. The summed E-state index contributed by atoms with van der Waals surface area (Å²) < 4.78 is 29.6. The van der Waals surface area contributed by atoms with Gasteiger partial charge in [0.05, 0.1) is 5.75 Å². The number of ether oxygens (including phenoxy) is 1. The van der Waals surface area contributed by atoms with Gasteiger partial charge in [-0.15, -0.1) is 0 Å². The zero-order valence-corrected chi connectivity index (χ0v) is 11.7. The number of nitrogens with zero attached hydrogens (tertiary/aromatic N) is 1. The van der Waals surface area contributed by atoms with Gasteiger partial charge < -0.3 is 10.1 Å². The fourth-order valence-electron chi connectivity index (χ4n) is 1.85. The van der Waals surface area contributed by atoms with Crippen molar-refractivity contribution >= 4 is 15.9 Å². The van der Waals surface area contributed by atoms with Gasteiger partial charge in [-0.1, -0.05) is 0 Å². The van der Waals surface area contributed by atoms with Gasteiger partial charge in [-0.25, -0.2) is 12.7 Å². The minimum atomic E-state index is -3.11. The van der Waals surface area contributed by atoms with Crippen molar-refractivity contribution in [3.8, 4) is 0 Å². The maximum Gasteiger partial charge on any atom is 0.221 e. The zero-order valence-electron chi connectivity index (χ0n) is 10.9. The largest absolute Gasteiger partial charge is 0.385 e. The SMILES string of the molecule is COCCCNC(=O)CCN1CCCCS1(=O)=O. The molecule has 1 aliphatic heterocycles. The van der Waals surface area contributed by atoms with Gasteiger partial charge in [-0.05, 0) is 19.3 Å². The Bertz CT molecular complexity index is 356. The van der Waals surface area contributed by atoms with Gasteiger partial charge in [-0.2, -0.15) is 0 Å². The van der Waals surface area contributed by atoms with E-state index in [0.29, 0.717) is 26.2 Å². The molecule has 0 saturated carbocycles. The Labute approximate surface area is 109 Å². The molecule has 0 unspecified atom stereocenters. The Balaban J connectivity index is 2.21. The van der Waals surface area contributed by atoms with Crippen molar-refractivity contribution < 1.29 is 17.9 Å². The van der Waals surface area contributed by atoms with Crippen LogP contribution in [0.3, 0.4) is 0 Å². The summed E-state index contributed by atoms with van der Waals surface area (Å²) >= 11 is 0. The molecule has 0 bridgehead atoms. The van der Waals surface area contributed by atoms with Crippen molar-refractivity contribution in [1.82, 2.24) is 9.62 Å². The number of carbonyl (C=O) groups is 1. The van der Waals surface area contributed by atoms with E-state index in [1.165, 1.54) is 4.31 Å². The molecule has 0 aromatic rings. The highest BCUT2D eigenvalue weighted by atomic mass is 32.2. The first-order chi connectivity index (χ1) is 8.56. The Kier molecular flexibility index (Phi) is 6.59. The summed E-state index contributed by atoms with van der Waals surface area (Å²) in [5.41, 5.74) is 0. The summed E-state index contributed by atoms with van der Waals surface area (Å²) in [5.74, 6) is 0.106. The van der Waals surface area contributed by atoms with Gasteiger partial charge >= 0.3 is 0 Å². The molecule has 7 heteroatoms. The molecule has 1 saturated heterocycles. The molecule has 1 heterocycles. The van der Waals surface area contributed by atoms with Crippen LogP contribution in [0.2, 0.25) is 0 Å².